The van der Waals surface area contributed by atoms with Crippen LogP contribution in [0.25, 0.3) is 0 Å². The molecular weight excluding hydrogens is 452 g/mol. The Labute approximate surface area is 184 Å². The average molecular weight is 464 g/mol. The number of halogens is 3. The van der Waals surface area contributed by atoms with Crippen LogP contribution in [-0.2, 0) is 9.59 Å². The number of rotatable bonds is 5. The van der Waals surface area contributed by atoms with E-state index in [9.17, 15) is 23.9 Å². The third-order valence-electron chi connectivity index (χ3n) is 3.98. The van der Waals surface area contributed by atoms with Crippen molar-refractivity contribution >= 4 is 46.5 Å². The zero-order chi connectivity index (χ0) is 22.7. The number of carboxylic acids is 1. The second-order valence-corrected chi connectivity index (χ2v) is 6.96. The summed E-state index contributed by atoms with van der Waals surface area (Å²) in [5.41, 5.74) is 0.130. The van der Waals surface area contributed by atoms with Crippen molar-refractivity contribution in [1.29, 1.82) is 0 Å². The van der Waals surface area contributed by atoms with Crippen molar-refractivity contribution in [2.24, 2.45) is 0 Å². The summed E-state index contributed by atoms with van der Waals surface area (Å²) in [6.45, 7) is 0. The first-order valence-corrected chi connectivity index (χ1v) is 9.25. The van der Waals surface area contributed by atoms with Crippen LogP contribution in [0.3, 0.4) is 0 Å². The first-order chi connectivity index (χ1) is 14.7. The van der Waals surface area contributed by atoms with E-state index in [1.807, 2.05) is 0 Å². The van der Waals surface area contributed by atoms with Crippen LogP contribution in [0.5, 0.6) is 17.2 Å². The van der Waals surface area contributed by atoms with Gasteiger partial charge in [-0.05, 0) is 54.6 Å². The fourth-order valence-corrected chi connectivity index (χ4v) is 3.13. The Morgan fingerprint density at radius 2 is 1.55 bits per heavy atom. The van der Waals surface area contributed by atoms with Crippen molar-refractivity contribution in [3.63, 3.8) is 0 Å². The molecule has 158 valence electrons. The number of carbonyl (C=O) groups is 3. The van der Waals surface area contributed by atoms with Gasteiger partial charge in [0.2, 0.25) is 0 Å². The molecule has 7 nitrogen and oxygen atoms in total. The quantitative estimate of drug-likeness (QED) is 0.366. The van der Waals surface area contributed by atoms with Gasteiger partial charge in [0.1, 0.15) is 17.3 Å². The lowest BCUT2D eigenvalue weighted by molar-refractivity contribution is -0.147. The van der Waals surface area contributed by atoms with Crippen molar-refractivity contribution in [2.75, 3.05) is 5.32 Å². The smallest absolute Gasteiger partial charge is 0.394 e. The molecular formula is C21H12Cl2FNO6. The van der Waals surface area contributed by atoms with Gasteiger partial charge < -0.3 is 20.3 Å². The molecule has 0 aliphatic rings. The van der Waals surface area contributed by atoms with E-state index in [4.69, 9.17) is 33.0 Å². The van der Waals surface area contributed by atoms with Crippen molar-refractivity contribution < 1.29 is 33.7 Å². The molecule has 0 saturated heterocycles. The molecule has 0 saturated carbocycles. The standard InChI is InChI=1S/C21H12Cl2FNO6/c22-15-7-12(25-20(28)21(29)30)8-16(23)19(15)31-17-6-5-13(26)9-14(17)18(27)10-1-3-11(24)4-2-10/h1-9,26H,(H,25,28)(H,29,30). The zero-order valence-electron chi connectivity index (χ0n) is 15.4. The van der Waals surface area contributed by atoms with E-state index in [0.29, 0.717) is 0 Å². The minimum atomic E-state index is -1.69. The summed E-state index contributed by atoms with van der Waals surface area (Å²) >= 11 is 12.3. The summed E-state index contributed by atoms with van der Waals surface area (Å²) in [5, 5.41) is 20.4. The number of nitrogens with one attached hydrogen (secondary N) is 1. The van der Waals surface area contributed by atoms with E-state index >= 15 is 0 Å². The zero-order valence-corrected chi connectivity index (χ0v) is 16.9. The van der Waals surface area contributed by atoms with E-state index < -0.39 is 23.5 Å². The molecule has 3 aromatic rings. The molecule has 0 aliphatic heterocycles. The number of anilines is 1. The maximum atomic E-state index is 13.2. The first kappa shape index (κ1) is 22.1. The summed E-state index contributed by atoms with van der Waals surface area (Å²) in [4.78, 5) is 34.8. The Morgan fingerprint density at radius 1 is 0.935 bits per heavy atom. The number of aliphatic carboxylic acids is 1. The van der Waals surface area contributed by atoms with Crippen molar-refractivity contribution in [1.82, 2.24) is 0 Å². The maximum Gasteiger partial charge on any atom is 0.394 e. The van der Waals surface area contributed by atoms with Crippen LogP contribution in [0.1, 0.15) is 15.9 Å². The number of aromatic hydroxyl groups is 1. The molecule has 3 aromatic carbocycles. The van der Waals surface area contributed by atoms with Crippen LogP contribution >= 0.6 is 23.2 Å². The first-order valence-electron chi connectivity index (χ1n) is 8.50. The fourth-order valence-electron chi connectivity index (χ4n) is 2.57. The number of hydrogen-bond acceptors (Lipinski definition) is 5. The average Bonchev–Trinajstić information content (AvgIpc) is 2.71. The van der Waals surface area contributed by atoms with Crippen LogP contribution in [0.2, 0.25) is 10.0 Å². The molecule has 0 fully saturated rings. The minimum absolute atomic E-state index is 0.00162. The lowest BCUT2D eigenvalue weighted by atomic mass is 10.0. The molecule has 0 spiro atoms. The highest BCUT2D eigenvalue weighted by Crippen LogP contribution is 2.40. The normalized spacial score (nSPS) is 10.4. The Morgan fingerprint density at radius 3 is 2.13 bits per heavy atom. The van der Waals surface area contributed by atoms with E-state index in [2.05, 4.69) is 5.32 Å². The number of ketones is 1. The molecule has 0 unspecified atom stereocenters. The summed E-state index contributed by atoms with van der Waals surface area (Å²) in [6.07, 6.45) is 0. The van der Waals surface area contributed by atoms with Gasteiger partial charge in [-0.3, -0.25) is 9.59 Å². The van der Waals surface area contributed by atoms with E-state index in [1.165, 1.54) is 42.5 Å². The summed E-state index contributed by atoms with van der Waals surface area (Å²) in [7, 11) is 0. The van der Waals surface area contributed by atoms with E-state index in [-0.39, 0.29) is 44.1 Å². The van der Waals surface area contributed by atoms with Gasteiger partial charge in [-0.25, -0.2) is 9.18 Å². The molecule has 31 heavy (non-hydrogen) atoms. The molecule has 0 atom stereocenters. The summed E-state index contributed by atoms with van der Waals surface area (Å²) < 4.78 is 18.9. The third-order valence-corrected chi connectivity index (χ3v) is 4.54. The molecule has 0 bridgehead atoms. The summed E-state index contributed by atoms with van der Waals surface area (Å²) in [5.74, 6) is -4.33. The molecule has 1 amide bonds. The van der Waals surface area contributed by atoms with Crippen molar-refractivity contribution in [2.45, 2.75) is 0 Å². The molecule has 3 rings (SSSR count). The van der Waals surface area contributed by atoms with E-state index in [0.717, 1.165) is 12.1 Å². The number of phenolic OH excluding ortho intramolecular Hbond substituents is 1. The predicted octanol–water partition coefficient (Wildman–Crippen LogP) is 4.88. The van der Waals surface area contributed by atoms with Crippen molar-refractivity contribution in [3.05, 3.63) is 81.6 Å². The Bertz CT molecular complexity index is 1170. The van der Waals surface area contributed by atoms with Gasteiger partial charge >= 0.3 is 11.9 Å². The predicted molar refractivity (Wildman–Crippen MR) is 111 cm³/mol. The molecule has 10 heteroatoms. The highest BCUT2D eigenvalue weighted by atomic mass is 35.5. The monoisotopic (exact) mass is 463 g/mol. The highest BCUT2D eigenvalue weighted by molar-refractivity contribution is 6.39. The van der Waals surface area contributed by atoms with Gasteiger partial charge in [0.05, 0.1) is 15.6 Å². The Balaban J connectivity index is 1.96. The summed E-state index contributed by atoms with van der Waals surface area (Å²) in [6, 6.07) is 11.0. The van der Waals surface area contributed by atoms with Crippen LogP contribution in [0.4, 0.5) is 10.1 Å². The number of carbonyl (C=O) groups excluding carboxylic acids is 2. The second-order valence-electron chi connectivity index (χ2n) is 6.15. The van der Waals surface area contributed by atoms with E-state index in [1.54, 1.807) is 0 Å². The molecule has 3 N–H and O–H groups in total. The molecule has 0 radical (unpaired) electrons. The SMILES string of the molecule is O=C(O)C(=O)Nc1cc(Cl)c(Oc2ccc(O)cc2C(=O)c2ccc(F)cc2)c(Cl)c1. The minimum Gasteiger partial charge on any atom is -0.508 e. The van der Waals surface area contributed by atoms with Gasteiger partial charge in [0.25, 0.3) is 0 Å². The number of carboxylic acid groups (broad SMARTS) is 1. The van der Waals surface area contributed by atoms with Gasteiger partial charge in [-0.2, -0.15) is 0 Å². The highest BCUT2D eigenvalue weighted by Gasteiger charge is 2.20. The topological polar surface area (TPSA) is 113 Å². The lowest BCUT2D eigenvalue weighted by Crippen LogP contribution is -2.21. The van der Waals surface area contributed by atoms with Gasteiger partial charge in [0.15, 0.2) is 11.5 Å². The van der Waals surface area contributed by atoms with Crippen LogP contribution < -0.4 is 10.1 Å². The Hall–Kier alpha value is -3.62. The van der Waals surface area contributed by atoms with Crippen LogP contribution in [0, 0.1) is 5.82 Å². The lowest BCUT2D eigenvalue weighted by Gasteiger charge is -2.14. The van der Waals surface area contributed by atoms with Crippen LogP contribution in [0.15, 0.2) is 54.6 Å². The number of hydrogen-bond donors (Lipinski definition) is 3. The second kappa shape index (κ2) is 9.03. The molecule has 0 aliphatic carbocycles. The van der Waals surface area contributed by atoms with Crippen molar-refractivity contribution in [3.8, 4) is 17.2 Å². The number of benzene rings is 3. The van der Waals surface area contributed by atoms with Crippen LogP contribution in [-0.4, -0.2) is 27.9 Å². The third kappa shape index (κ3) is 5.11. The van der Waals surface area contributed by atoms with Gasteiger partial charge in [-0.1, -0.05) is 23.2 Å². The molecule has 0 aromatic heterocycles. The molecule has 0 heterocycles. The maximum absolute atomic E-state index is 13.2. The number of amides is 1. The Kier molecular flexibility index (Phi) is 6.43. The van der Waals surface area contributed by atoms with Gasteiger partial charge in [-0.15, -0.1) is 0 Å². The largest absolute Gasteiger partial charge is 0.508 e. The number of ether oxygens (including phenoxy) is 1. The van der Waals surface area contributed by atoms with Gasteiger partial charge in [0, 0.05) is 11.3 Å². The fraction of sp³-hybridized carbons (Fsp3) is 0. The number of phenols is 1.